The topological polar surface area (TPSA) is 104 Å². The van der Waals surface area contributed by atoms with E-state index in [1.54, 1.807) is 6.92 Å². The van der Waals surface area contributed by atoms with Gasteiger partial charge >= 0.3 is 0 Å². The van der Waals surface area contributed by atoms with Gasteiger partial charge < -0.3 is 21.3 Å². The lowest BCUT2D eigenvalue weighted by Crippen LogP contribution is -2.43. The highest BCUT2D eigenvalue weighted by Gasteiger charge is 2.23. The van der Waals surface area contributed by atoms with Crippen LogP contribution in [0, 0.1) is 0 Å². The highest BCUT2D eigenvalue weighted by Crippen LogP contribution is 2.16. The lowest BCUT2D eigenvalue weighted by Gasteiger charge is -2.26. The lowest BCUT2D eigenvalue weighted by molar-refractivity contribution is 0.147. The van der Waals surface area contributed by atoms with Gasteiger partial charge in [0.05, 0.1) is 18.8 Å². The summed E-state index contributed by atoms with van der Waals surface area (Å²) in [5.74, 6) is 0.596. The fourth-order valence-electron chi connectivity index (χ4n) is 0.860. The number of nitrogens with one attached hydrogen (secondary N) is 1. The number of aromatic nitrogens is 2. The highest BCUT2D eigenvalue weighted by atomic mass is 16.3. The van der Waals surface area contributed by atoms with Crippen molar-refractivity contribution in [2.45, 2.75) is 12.5 Å². The molecule has 0 aliphatic heterocycles. The fraction of sp³-hybridized carbons (Fsp3) is 0.500. The van der Waals surface area contributed by atoms with E-state index in [1.807, 2.05) is 0 Å². The lowest BCUT2D eigenvalue weighted by atomic mass is 10.1. The zero-order valence-electron chi connectivity index (χ0n) is 7.94. The number of nitrogen functional groups attached to an aromatic ring is 1. The summed E-state index contributed by atoms with van der Waals surface area (Å²) in [6.07, 6.45) is 2.95. The first-order chi connectivity index (χ1) is 6.61. The number of rotatable bonds is 4. The minimum absolute atomic E-state index is 0.223. The average molecular weight is 198 g/mol. The molecule has 0 spiro atoms. The van der Waals surface area contributed by atoms with Crippen LogP contribution in [0.4, 0.5) is 11.6 Å². The van der Waals surface area contributed by atoms with Crippen molar-refractivity contribution in [3.05, 3.63) is 12.4 Å². The first-order valence-corrected chi connectivity index (χ1v) is 4.18. The normalized spacial score (nSPS) is 11.4. The molecule has 1 rings (SSSR count). The van der Waals surface area contributed by atoms with E-state index in [2.05, 4.69) is 15.3 Å². The Kier molecular flexibility index (Phi) is 3.21. The summed E-state index contributed by atoms with van der Waals surface area (Å²) < 4.78 is 0. The van der Waals surface area contributed by atoms with E-state index in [9.17, 15) is 0 Å². The molecular formula is C8H14N4O2. The van der Waals surface area contributed by atoms with Crippen LogP contribution < -0.4 is 11.1 Å². The van der Waals surface area contributed by atoms with E-state index in [4.69, 9.17) is 15.9 Å². The molecular weight excluding hydrogens is 184 g/mol. The molecule has 0 bridgehead atoms. The van der Waals surface area contributed by atoms with Gasteiger partial charge in [-0.15, -0.1) is 0 Å². The second kappa shape index (κ2) is 4.21. The largest absolute Gasteiger partial charge is 0.394 e. The molecule has 0 radical (unpaired) electrons. The molecule has 78 valence electrons. The van der Waals surface area contributed by atoms with Gasteiger partial charge in [0.15, 0.2) is 11.6 Å². The minimum atomic E-state index is -0.843. The van der Waals surface area contributed by atoms with Crippen LogP contribution in [0.25, 0.3) is 0 Å². The number of hydrogen-bond donors (Lipinski definition) is 4. The van der Waals surface area contributed by atoms with Crippen molar-refractivity contribution in [3.63, 3.8) is 0 Å². The molecule has 0 fully saturated rings. The van der Waals surface area contributed by atoms with Crippen molar-refractivity contribution in [3.8, 4) is 0 Å². The molecule has 0 saturated carbocycles. The van der Waals surface area contributed by atoms with Gasteiger partial charge in [-0.2, -0.15) is 0 Å². The highest BCUT2D eigenvalue weighted by molar-refractivity contribution is 5.56. The van der Waals surface area contributed by atoms with Crippen LogP contribution in [0.5, 0.6) is 0 Å². The van der Waals surface area contributed by atoms with Gasteiger partial charge in [-0.1, -0.05) is 0 Å². The Balaban J connectivity index is 2.82. The van der Waals surface area contributed by atoms with Crippen LogP contribution >= 0.6 is 0 Å². The fourth-order valence-corrected chi connectivity index (χ4v) is 0.860. The summed E-state index contributed by atoms with van der Waals surface area (Å²) in [5, 5.41) is 20.9. The average Bonchev–Trinajstić information content (AvgIpc) is 2.21. The van der Waals surface area contributed by atoms with Gasteiger partial charge in [-0.3, -0.25) is 0 Å². The Morgan fingerprint density at radius 1 is 1.36 bits per heavy atom. The monoisotopic (exact) mass is 198 g/mol. The maximum Gasteiger partial charge on any atom is 0.169 e. The minimum Gasteiger partial charge on any atom is -0.394 e. The van der Waals surface area contributed by atoms with Crippen molar-refractivity contribution in [1.82, 2.24) is 9.97 Å². The quantitative estimate of drug-likeness (QED) is 0.505. The van der Waals surface area contributed by atoms with Crippen LogP contribution in [0.15, 0.2) is 12.4 Å². The summed E-state index contributed by atoms with van der Waals surface area (Å²) in [7, 11) is 0. The molecule has 1 aromatic rings. The van der Waals surface area contributed by atoms with E-state index in [0.29, 0.717) is 5.82 Å². The van der Waals surface area contributed by atoms with Crippen molar-refractivity contribution >= 4 is 11.6 Å². The zero-order valence-corrected chi connectivity index (χ0v) is 7.94. The standard InChI is InChI=1S/C8H14N4O2/c1-8(4-13,5-14)12-7-6(9)10-2-3-11-7/h2-3,13-14H,4-5H2,1H3,(H2,9,10)(H,11,12). The Hall–Kier alpha value is -1.40. The molecule has 0 amide bonds. The smallest absolute Gasteiger partial charge is 0.169 e. The van der Waals surface area contributed by atoms with Crippen molar-refractivity contribution in [2.75, 3.05) is 24.3 Å². The number of anilines is 2. The van der Waals surface area contributed by atoms with Gasteiger partial charge in [0.25, 0.3) is 0 Å². The molecule has 1 heterocycles. The molecule has 0 saturated heterocycles. The van der Waals surface area contributed by atoms with Gasteiger partial charge in [-0.05, 0) is 6.92 Å². The first kappa shape index (κ1) is 10.7. The Morgan fingerprint density at radius 2 is 1.93 bits per heavy atom. The third-order valence-corrected chi connectivity index (χ3v) is 1.84. The van der Waals surface area contributed by atoms with Crippen LogP contribution in [0.1, 0.15) is 6.92 Å². The number of aliphatic hydroxyl groups is 2. The van der Waals surface area contributed by atoms with Crippen molar-refractivity contribution < 1.29 is 10.2 Å². The predicted molar refractivity (Wildman–Crippen MR) is 52.6 cm³/mol. The number of hydrogen-bond acceptors (Lipinski definition) is 6. The van der Waals surface area contributed by atoms with E-state index in [-0.39, 0.29) is 19.0 Å². The van der Waals surface area contributed by atoms with E-state index in [0.717, 1.165) is 0 Å². The molecule has 0 aliphatic carbocycles. The van der Waals surface area contributed by atoms with Gasteiger partial charge in [0, 0.05) is 12.4 Å². The Bertz CT molecular complexity index is 301. The molecule has 0 unspecified atom stereocenters. The molecule has 0 aliphatic rings. The van der Waals surface area contributed by atoms with E-state index < -0.39 is 5.54 Å². The first-order valence-electron chi connectivity index (χ1n) is 4.18. The number of aliphatic hydroxyl groups excluding tert-OH is 2. The molecule has 5 N–H and O–H groups in total. The maximum absolute atomic E-state index is 9.03. The molecule has 0 atom stereocenters. The summed E-state index contributed by atoms with van der Waals surface area (Å²) >= 11 is 0. The van der Waals surface area contributed by atoms with Crippen LogP contribution in [0.3, 0.4) is 0 Å². The van der Waals surface area contributed by atoms with Gasteiger partial charge in [0.1, 0.15) is 0 Å². The molecule has 0 aromatic carbocycles. The molecule has 14 heavy (non-hydrogen) atoms. The molecule has 1 aromatic heterocycles. The summed E-state index contributed by atoms with van der Waals surface area (Å²) in [6.45, 7) is 1.21. The Morgan fingerprint density at radius 3 is 2.43 bits per heavy atom. The van der Waals surface area contributed by atoms with Crippen LogP contribution in [-0.4, -0.2) is 38.9 Å². The third kappa shape index (κ3) is 2.30. The summed E-state index contributed by atoms with van der Waals surface area (Å²) in [5.41, 5.74) is 4.69. The summed E-state index contributed by atoms with van der Waals surface area (Å²) in [6, 6.07) is 0. The number of nitrogens with zero attached hydrogens (tertiary/aromatic N) is 2. The van der Waals surface area contributed by atoms with Gasteiger partial charge in [0.2, 0.25) is 0 Å². The van der Waals surface area contributed by atoms with Gasteiger partial charge in [-0.25, -0.2) is 9.97 Å². The predicted octanol–water partition coefficient (Wildman–Crippen LogP) is -0.786. The van der Waals surface area contributed by atoms with Crippen molar-refractivity contribution in [2.24, 2.45) is 0 Å². The molecule has 6 nitrogen and oxygen atoms in total. The SMILES string of the molecule is CC(CO)(CO)Nc1nccnc1N. The number of nitrogens with two attached hydrogens (primary N) is 1. The van der Waals surface area contributed by atoms with E-state index >= 15 is 0 Å². The van der Waals surface area contributed by atoms with E-state index in [1.165, 1.54) is 12.4 Å². The molecule has 6 heteroatoms. The third-order valence-electron chi connectivity index (χ3n) is 1.84. The Labute approximate surface area is 81.8 Å². The second-order valence-corrected chi connectivity index (χ2v) is 3.29. The summed E-state index contributed by atoms with van der Waals surface area (Å²) in [4.78, 5) is 7.76. The zero-order chi connectivity index (χ0) is 10.6. The second-order valence-electron chi connectivity index (χ2n) is 3.29. The van der Waals surface area contributed by atoms with Crippen LogP contribution in [0.2, 0.25) is 0 Å². The van der Waals surface area contributed by atoms with Crippen molar-refractivity contribution in [1.29, 1.82) is 0 Å². The van der Waals surface area contributed by atoms with Crippen LogP contribution in [-0.2, 0) is 0 Å². The maximum atomic E-state index is 9.03.